The number of alkyl halides is 5. The monoisotopic (exact) mass is 641 g/mol. The number of thioether (sulfide) groups is 1. The Hall–Kier alpha value is -2.83. The van der Waals surface area contributed by atoms with Crippen molar-refractivity contribution in [2.24, 2.45) is 0 Å². The maximum absolute atomic E-state index is 13.9. The second kappa shape index (κ2) is 11.3. The molecule has 2 heterocycles. The van der Waals surface area contributed by atoms with Gasteiger partial charge in [-0.05, 0) is 23.8 Å². The highest BCUT2D eigenvalue weighted by Crippen LogP contribution is 2.59. The minimum Gasteiger partial charge on any atom is -0.394 e. The molecule has 2 aromatic carbocycles. The van der Waals surface area contributed by atoms with Gasteiger partial charge >= 0.3 is 6.18 Å². The fourth-order valence-corrected chi connectivity index (χ4v) is 6.96. The van der Waals surface area contributed by atoms with Gasteiger partial charge < -0.3 is 25.2 Å². The van der Waals surface area contributed by atoms with Crippen molar-refractivity contribution in [1.29, 1.82) is 0 Å². The van der Waals surface area contributed by atoms with Crippen LogP contribution in [0, 0.1) is 17.5 Å². The summed E-state index contributed by atoms with van der Waals surface area (Å²) in [4.78, 5) is 0. The molecule has 43 heavy (non-hydrogen) atoms. The average Bonchev–Trinajstić information content (AvgIpc) is 3.39. The minimum absolute atomic E-state index is 0.226. The summed E-state index contributed by atoms with van der Waals surface area (Å²) in [7, 11) is 0. The van der Waals surface area contributed by atoms with Crippen LogP contribution in [0.2, 0.25) is 0 Å². The first-order valence-corrected chi connectivity index (χ1v) is 13.6. The molecule has 3 aromatic rings. The van der Waals surface area contributed by atoms with Crippen LogP contribution in [-0.4, -0.2) is 77.3 Å². The van der Waals surface area contributed by atoms with Crippen molar-refractivity contribution in [1.82, 2.24) is 15.0 Å². The first-order valence-electron chi connectivity index (χ1n) is 12.7. The molecule has 4 N–H and O–H groups in total. The van der Waals surface area contributed by atoms with Gasteiger partial charge in [0.15, 0.2) is 17.5 Å². The standard InChI is InChI=1S/C26H23F8N3O5S/c27-14-5-11(6-15(28)18(14)29)16-7-37(36-35-16)19-20(39)17(8-38)42-23(21(19)40)43-22(24(41)9-25(30,31)10-24)12-3-1-2-4-13(12)26(32,33)34/h1-7,17,19-23,38-41H,8-10H2/t17-,19+,20+,21-,22-,23+/m1/s1. The minimum atomic E-state index is -4.94. The third kappa shape index (κ3) is 5.98. The number of rotatable bonds is 7. The lowest BCUT2D eigenvalue weighted by Crippen LogP contribution is -2.58. The third-order valence-corrected chi connectivity index (χ3v) is 9.00. The van der Waals surface area contributed by atoms with Crippen molar-refractivity contribution < 1.29 is 60.3 Å². The van der Waals surface area contributed by atoms with E-state index in [2.05, 4.69) is 10.3 Å². The molecular weight excluding hydrogens is 618 g/mol. The summed E-state index contributed by atoms with van der Waals surface area (Å²) in [5.41, 5.74) is -6.26. The van der Waals surface area contributed by atoms with E-state index in [4.69, 9.17) is 4.74 Å². The van der Waals surface area contributed by atoms with Crippen LogP contribution in [0.15, 0.2) is 42.6 Å². The van der Waals surface area contributed by atoms with E-state index in [1.807, 2.05) is 0 Å². The largest absolute Gasteiger partial charge is 0.416 e. The molecule has 1 saturated heterocycles. The number of hydrogen-bond acceptors (Lipinski definition) is 8. The van der Waals surface area contributed by atoms with Crippen LogP contribution < -0.4 is 0 Å². The second-order valence-corrected chi connectivity index (χ2v) is 11.7. The molecule has 1 aromatic heterocycles. The number of halogens is 8. The first-order chi connectivity index (χ1) is 20.0. The van der Waals surface area contributed by atoms with Crippen molar-refractivity contribution in [3.63, 3.8) is 0 Å². The zero-order chi connectivity index (χ0) is 31.5. The summed E-state index contributed by atoms with van der Waals surface area (Å²) in [5.74, 6) is -8.16. The van der Waals surface area contributed by atoms with E-state index in [9.17, 15) is 55.5 Å². The molecule has 1 aliphatic carbocycles. The maximum atomic E-state index is 13.9. The fraction of sp³-hybridized carbons (Fsp3) is 0.462. The number of hydrogen-bond donors (Lipinski definition) is 4. The Morgan fingerprint density at radius 3 is 2.26 bits per heavy atom. The predicted octanol–water partition coefficient (Wildman–Crippen LogP) is 4.00. The van der Waals surface area contributed by atoms with Gasteiger partial charge in [0.05, 0.1) is 29.2 Å². The lowest BCUT2D eigenvalue weighted by atomic mass is 9.72. The van der Waals surface area contributed by atoms with Gasteiger partial charge in [-0.25, -0.2) is 26.6 Å². The summed E-state index contributed by atoms with van der Waals surface area (Å²) in [6, 6.07) is 3.71. The number of ether oxygens (including phenoxy) is 1. The molecule has 2 fully saturated rings. The Bertz CT molecular complexity index is 1460. The van der Waals surface area contributed by atoms with Crippen LogP contribution in [0.3, 0.4) is 0 Å². The Morgan fingerprint density at radius 1 is 1.05 bits per heavy atom. The molecule has 1 saturated carbocycles. The van der Waals surface area contributed by atoms with E-state index in [0.29, 0.717) is 30.0 Å². The molecule has 5 rings (SSSR count). The molecule has 2 aliphatic rings. The van der Waals surface area contributed by atoms with Gasteiger partial charge in [0, 0.05) is 18.4 Å². The van der Waals surface area contributed by atoms with Gasteiger partial charge in [0.2, 0.25) is 0 Å². The molecular formula is C26H23F8N3O5S. The van der Waals surface area contributed by atoms with Crippen LogP contribution in [0.25, 0.3) is 11.3 Å². The first kappa shape index (κ1) is 31.6. The predicted molar refractivity (Wildman–Crippen MR) is 133 cm³/mol. The summed E-state index contributed by atoms with van der Waals surface area (Å²) < 4.78 is 117. The second-order valence-electron chi connectivity index (χ2n) is 10.4. The third-order valence-electron chi connectivity index (χ3n) is 7.38. The Morgan fingerprint density at radius 2 is 1.67 bits per heavy atom. The molecule has 0 spiro atoms. The van der Waals surface area contributed by atoms with Crippen LogP contribution in [0.1, 0.15) is 35.3 Å². The van der Waals surface area contributed by atoms with Crippen molar-refractivity contribution in [2.45, 2.75) is 65.6 Å². The normalized spacial score (nSPS) is 27.5. The Balaban J connectivity index is 1.51. The van der Waals surface area contributed by atoms with Crippen LogP contribution in [0.4, 0.5) is 35.1 Å². The molecule has 0 amide bonds. The van der Waals surface area contributed by atoms with E-state index < -0.39 is 101 Å². The van der Waals surface area contributed by atoms with Crippen molar-refractivity contribution in [2.75, 3.05) is 6.61 Å². The van der Waals surface area contributed by atoms with Crippen molar-refractivity contribution in [3.05, 3.63) is 71.2 Å². The lowest BCUT2D eigenvalue weighted by Gasteiger charge is -2.50. The quantitative estimate of drug-likeness (QED) is 0.226. The van der Waals surface area contributed by atoms with E-state index in [0.717, 1.165) is 23.0 Å². The van der Waals surface area contributed by atoms with E-state index in [1.165, 1.54) is 6.07 Å². The van der Waals surface area contributed by atoms with E-state index >= 15 is 0 Å². The SMILES string of the molecule is OC[C@H]1O[C@@H](S[C@H](c2ccccc2C(F)(F)F)C2(O)CC(F)(F)C2)[C@H](O)[C@@H](n2cc(-c3cc(F)c(F)c(F)c3)nn2)[C@H]1O. The Labute approximate surface area is 241 Å². The molecule has 0 bridgehead atoms. The molecule has 1 aliphatic heterocycles. The van der Waals surface area contributed by atoms with Crippen molar-refractivity contribution in [3.8, 4) is 11.3 Å². The topological polar surface area (TPSA) is 121 Å². The van der Waals surface area contributed by atoms with Crippen LogP contribution >= 0.6 is 11.8 Å². The highest BCUT2D eigenvalue weighted by atomic mass is 32.2. The molecule has 0 unspecified atom stereocenters. The van der Waals surface area contributed by atoms with Gasteiger partial charge in [-0.3, -0.25) is 0 Å². The molecule has 0 radical (unpaired) electrons. The highest BCUT2D eigenvalue weighted by molar-refractivity contribution is 8.00. The molecule has 8 nitrogen and oxygen atoms in total. The summed E-state index contributed by atoms with van der Waals surface area (Å²) in [5, 5.41) is 48.8. The molecule has 6 atom stereocenters. The summed E-state index contributed by atoms with van der Waals surface area (Å²) in [6.45, 7) is -0.871. The van der Waals surface area contributed by atoms with E-state index in [-0.39, 0.29) is 11.3 Å². The van der Waals surface area contributed by atoms with Gasteiger partial charge in [-0.2, -0.15) is 13.2 Å². The summed E-state index contributed by atoms with van der Waals surface area (Å²) in [6.07, 6.45) is -11.4. The van der Waals surface area contributed by atoms with Gasteiger partial charge in [-0.1, -0.05) is 23.4 Å². The van der Waals surface area contributed by atoms with Gasteiger partial charge in [0.1, 0.15) is 35.5 Å². The summed E-state index contributed by atoms with van der Waals surface area (Å²) >= 11 is 0.389. The van der Waals surface area contributed by atoms with Crippen molar-refractivity contribution >= 4 is 11.8 Å². The zero-order valence-corrected chi connectivity index (χ0v) is 22.4. The smallest absolute Gasteiger partial charge is 0.394 e. The van der Waals surface area contributed by atoms with Gasteiger partial charge in [0.25, 0.3) is 5.92 Å². The lowest BCUT2D eigenvalue weighted by molar-refractivity contribution is -0.206. The molecule has 17 heteroatoms. The van der Waals surface area contributed by atoms with Gasteiger partial charge in [-0.15, -0.1) is 16.9 Å². The number of benzene rings is 2. The number of aliphatic hydroxyl groups is 4. The van der Waals surface area contributed by atoms with Crippen LogP contribution in [0.5, 0.6) is 0 Å². The number of aromatic nitrogens is 3. The van der Waals surface area contributed by atoms with Crippen LogP contribution in [-0.2, 0) is 10.9 Å². The average molecular weight is 642 g/mol. The Kier molecular flexibility index (Phi) is 8.28. The zero-order valence-electron chi connectivity index (χ0n) is 21.6. The fourth-order valence-electron chi connectivity index (χ4n) is 5.39. The number of nitrogens with zero attached hydrogens (tertiary/aromatic N) is 3. The maximum Gasteiger partial charge on any atom is 0.416 e. The highest BCUT2D eigenvalue weighted by Gasteiger charge is 2.62. The molecule has 234 valence electrons. The number of aliphatic hydroxyl groups excluding tert-OH is 3. The van der Waals surface area contributed by atoms with E-state index in [1.54, 1.807) is 0 Å².